The van der Waals surface area contributed by atoms with E-state index >= 15 is 0 Å². The van der Waals surface area contributed by atoms with E-state index in [1.54, 1.807) is 11.8 Å². The summed E-state index contributed by atoms with van der Waals surface area (Å²) in [5.74, 6) is 1.28. The molecule has 5 rings (SSSR count). The number of benzene rings is 1. The van der Waals surface area contributed by atoms with E-state index in [-0.39, 0.29) is 6.10 Å². The van der Waals surface area contributed by atoms with Crippen molar-refractivity contribution >= 4 is 5.69 Å². The Morgan fingerprint density at radius 2 is 1.85 bits per heavy atom. The Labute approximate surface area is 200 Å². The molecule has 176 valence electrons. The zero-order valence-electron chi connectivity index (χ0n) is 19.5. The number of aromatic nitrogens is 4. The fourth-order valence-electron chi connectivity index (χ4n) is 3.50. The van der Waals surface area contributed by atoms with Gasteiger partial charge in [0.15, 0.2) is 0 Å². The van der Waals surface area contributed by atoms with Crippen LogP contribution in [0, 0.1) is 0 Å². The van der Waals surface area contributed by atoms with Gasteiger partial charge in [0.05, 0.1) is 25.5 Å². The normalized spacial score (nSPS) is 14.1. The number of aryl methyl sites for hydroxylation is 1. The molecular weight excluding hydrogens is 428 g/mol. The number of hydrogen-bond acceptors (Lipinski definition) is 7. The van der Waals surface area contributed by atoms with Gasteiger partial charge in [0.1, 0.15) is 6.10 Å². The third-order valence-electron chi connectivity index (χ3n) is 5.32. The second-order valence-electron chi connectivity index (χ2n) is 7.92. The topological polar surface area (TPSA) is 86.1 Å². The van der Waals surface area contributed by atoms with Crippen LogP contribution >= 0.6 is 0 Å². The van der Waals surface area contributed by atoms with Crippen LogP contribution in [0.5, 0.6) is 11.8 Å². The minimum absolute atomic E-state index is 0.0400. The van der Waals surface area contributed by atoms with E-state index in [1.165, 1.54) is 5.56 Å². The standard InChI is InChI=1S/C20H24N6O2.C6H6/c1-26-13-16(10-25-26)15-7-18-20(24-9-15)28-17(12-22-18)11-21-6-5-14-3-4-19(27-2)23-8-14;1-2-4-6-5-3-1/h3-4,7-10,13,17,21-22H,5-6,11-12H2,1-2H3;1-6H. The van der Waals surface area contributed by atoms with Crippen LogP contribution in [0.15, 0.2) is 79.4 Å². The highest BCUT2D eigenvalue weighted by Crippen LogP contribution is 2.30. The number of nitrogens with zero attached hydrogens (tertiary/aromatic N) is 4. The highest BCUT2D eigenvalue weighted by atomic mass is 16.5. The van der Waals surface area contributed by atoms with Gasteiger partial charge < -0.3 is 20.1 Å². The lowest BCUT2D eigenvalue weighted by molar-refractivity contribution is 0.194. The Kier molecular flexibility index (Phi) is 8.08. The first-order valence-electron chi connectivity index (χ1n) is 11.3. The number of anilines is 1. The van der Waals surface area contributed by atoms with E-state index in [9.17, 15) is 0 Å². The number of pyridine rings is 2. The van der Waals surface area contributed by atoms with Crippen molar-refractivity contribution in [2.45, 2.75) is 12.5 Å². The summed E-state index contributed by atoms with van der Waals surface area (Å²) in [6.45, 7) is 2.35. The SMILES string of the molecule is COc1ccc(CCNCC2CNc3cc(-c4cnn(C)c4)cnc3O2)cn1.c1ccccc1. The number of fused-ring (bicyclic) bond motifs is 1. The lowest BCUT2D eigenvalue weighted by atomic mass is 10.1. The second kappa shape index (κ2) is 11.8. The Morgan fingerprint density at radius 1 is 1.06 bits per heavy atom. The monoisotopic (exact) mass is 458 g/mol. The van der Waals surface area contributed by atoms with Crippen LogP contribution in [0.3, 0.4) is 0 Å². The van der Waals surface area contributed by atoms with Gasteiger partial charge in [-0.05, 0) is 24.6 Å². The second-order valence-corrected chi connectivity index (χ2v) is 7.92. The summed E-state index contributed by atoms with van der Waals surface area (Å²) in [5.41, 5.74) is 4.15. The highest BCUT2D eigenvalue weighted by molar-refractivity contribution is 5.69. The van der Waals surface area contributed by atoms with Crippen molar-refractivity contribution in [2.75, 3.05) is 32.1 Å². The van der Waals surface area contributed by atoms with E-state index in [2.05, 4.69) is 31.8 Å². The van der Waals surface area contributed by atoms with Gasteiger partial charge in [-0.1, -0.05) is 42.5 Å². The fraction of sp³-hybridized carbons (Fsp3) is 0.269. The largest absolute Gasteiger partial charge is 0.481 e. The van der Waals surface area contributed by atoms with Crippen LogP contribution in [0.25, 0.3) is 11.1 Å². The molecule has 34 heavy (non-hydrogen) atoms. The molecule has 8 nitrogen and oxygen atoms in total. The summed E-state index contributed by atoms with van der Waals surface area (Å²) >= 11 is 0. The van der Waals surface area contributed by atoms with Crippen molar-refractivity contribution < 1.29 is 9.47 Å². The maximum atomic E-state index is 6.02. The van der Waals surface area contributed by atoms with Crippen molar-refractivity contribution in [3.05, 3.63) is 84.9 Å². The maximum Gasteiger partial charge on any atom is 0.237 e. The summed E-state index contributed by atoms with van der Waals surface area (Å²) in [6.07, 6.45) is 8.41. The van der Waals surface area contributed by atoms with E-state index in [0.29, 0.717) is 11.8 Å². The highest BCUT2D eigenvalue weighted by Gasteiger charge is 2.20. The Morgan fingerprint density at radius 3 is 2.50 bits per heavy atom. The molecule has 2 N–H and O–H groups in total. The van der Waals surface area contributed by atoms with Crippen molar-refractivity contribution in [3.8, 4) is 22.9 Å². The van der Waals surface area contributed by atoms with Crippen LogP contribution in [-0.4, -0.2) is 52.6 Å². The van der Waals surface area contributed by atoms with Crippen LogP contribution in [0.1, 0.15) is 5.56 Å². The molecule has 0 saturated heterocycles. The van der Waals surface area contributed by atoms with Crippen LogP contribution in [0.4, 0.5) is 5.69 Å². The number of hydrogen-bond donors (Lipinski definition) is 2. The van der Waals surface area contributed by atoms with Crippen LogP contribution < -0.4 is 20.1 Å². The molecule has 1 unspecified atom stereocenters. The molecule has 3 aromatic heterocycles. The molecule has 1 aliphatic rings. The third kappa shape index (κ3) is 6.55. The van der Waals surface area contributed by atoms with E-state index in [1.807, 2.05) is 80.4 Å². The molecule has 8 heteroatoms. The molecule has 0 saturated carbocycles. The smallest absolute Gasteiger partial charge is 0.237 e. The first-order valence-corrected chi connectivity index (χ1v) is 11.3. The van der Waals surface area contributed by atoms with Gasteiger partial charge in [0.25, 0.3) is 0 Å². The minimum atomic E-state index is 0.0400. The van der Waals surface area contributed by atoms with Gasteiger partial charge in [0, 0.05) is 49.4 Å². The van der Waals surface area contributed by atoms with Gasteiger partial charge >= 0.3 is 0 Å². The molecule has 1 aliphatic heterocycles. The molecule has 0 spiro atoms. The van der Waals surface area contributed by atoms with Crippen molar-refractivity contribution in [1.82, 2.24) is 25.1 Å². The molecule has 1 aromatic carbocycles. The third-order valence-corrected chi connectivity index (χ3v) is 5.32. The molecule has 0 fully saturated rings. The van der Waals surface area contributed by atoms with Gasteiger partial charge in [0.2, 0.25) is 11.8 Å². The van der Waals surface area contributed by atoms with Crippen LogP contribution in [-0.2, 0) is 13.5 Å². The van der Waals surface area contributed by atoms with Gasteiger partial charge in [-0.2, -0.15) is 5.10 Å². The zero-order chi connectivity index (χ0) is 23.6. The Bertz CT molecular complexity index is 1120. The summed E-state index contributed by atoms with van der Waals surface area (Å²) in [6, 6.07) is 18.0. The van der Waals surface area contributed by atoms with Gasteiger partial charge in [-0.3, -0.25) is 4.68 Å². The quantitative estimate of drug-likeness (QED) is 0.410. The fourth-order valence-corrected chi connectivity index (χ4v) is 3.50. The summed E-state index contributed by atoms with van der Waals surface area (Å²) < 4.78 is 12.9. The van der Waals surface area contributed by atoms with E-state index in [0.717, 1.165) is 42.9 Å². The van der Waals surface area contributed by atoms with Crippen molar-refractivity contribution in [1.29, 1.82) is 0 Å². The maximum absolute atomic E-state index is 6.02. The van der Waals surface area contributed by atoms with Crippen molar-refractivity contribution in [2.24, 2.45) is 7.05 Å². The summed E-state index contributed by atoms with van der Waals surface area (Å²) in [4.78, 5) is 8.70. The predicted molar refractivity (Wildman–Crippen MR) is 133 cm³/mol. The molecule has 0 aliphatic carbocycles. The number of nitrogens with one attached hydrogen (secondary N) is 2. The van der Waals surface area contributed by atoms with Crippen molar-refractivity contribution in [3.63, 3.8) is 0 Å². The first-order chi connectivity index (χ1) is 16.7. The van der Waals surface area contributed by atoms with E-state index in [4.69, 9.17) is 9.47 Å². The Hall–Kier alpha value is -3.91. The zero-order valence-corrected chi connectivity index (χ0v) is 19.5. The number of methoxy groups -OCH3 is 1. The van der Waals surface area contributed by atoms with Crippen LogP contribution in [0.2, 0.25) is 0 Å². The molecule has 0 radical (unpaired) electrons. The van der Waals surface area contributed by atoms with Gasteiger partial charge in [-0.15, -0.1) is 0 Å². The minimum Gasteiger partial charge on any atom is -0.481 e. The molecular formula is C26H30N6O2. The molecule has 0 amide bonds. The molecule has 1 atom stereocenters. The molecule has 4 heterocycles. The lowest BCUT2D eigenvalue weighted by Gasteiger charge is -2.27. The first kappa shape index (κ1) is 23.3. The lowest BCUT2D eigenvalue weighted by Crippen LogP contribution is -2.40. The summed E-state index contributed by atoms with van der Waals surface area (Å²) in [5, 5.41) is 11.1. The predicted octanol–water partition coefficient (Wildman–Crippen LogP) is 3.58. The molecule has 0 bridgehead atoms. The van der Waals surface area contributed by atoms with E-state index < -0.39 is 0 Å². The number of ether oxygens (including phenoxy) is 2. The average molecular weight is 459 g/mol. The summed E-state index contributed by atoms with van der Waals surface area (Å²) in [7, 11) is 3.52. The van der Waals surface area contributed by atoms with Gasteiger partial charge in [-0.25, -0.2) is 9.97 Å². The Balaban J connectivity index is 0.000000398. The number of rotatable bonds is 7. The molecule has 4 aromatic rings. The average Bonchev–Trinajstić information content (AvgIpc) is 3.34.